The summed E-state index contributed by atoms with van der Waals surface area (Å²) in [5.74, 6) is 1.65. The van der Waals surface area contributed by atoms with Crippen LogP contribution in [0.5, 0.6) is 5.75 Å². The van der Waals surface area contributed by atoms with E-state index >= 15 is 0 Å². The quantitative estimate of drug-likeness (QED) is 0.444. The first-order valence-electron chi connectivity index (χ1n) is 8.46. The molecule has 0 spiro atoms. The van der Waals surface area contributed by atoms with E-state index in [1.165, 1.54) is 17.7 Å². The standard InChI is InChI=1S/C19H20N4O4/c1-14-3-9-17(10-4-14)26-12-11-22(2)13-18-20-21-19(27-18)15-5-7-16(8-6-15)23(24)25/h3-10H,11-13H2,1-2H3. The summed E-state index contributed by atoms with van der Waals surface area (Å²) in [6.07, 6.45) is 0. The average Bonchev–Trinajstić information content (AvgIpc) is 3.12. The van der Waals surface area contributed by atoms with Crippen LogP contribution in [0.15, 0.2) is 52.9 Å². The molecule has 0 saturated heterocycles. The van der Waals surface area contributed by atoms with Crippen molar-refractivity contribution in [1.29, 1.82) is 0 Å². The number of likely N-dealkylation sites (N-methyl/N-ethyl adjacent to an activating group) is 1. The smallest absolute Gasteiger partial charge is 0.269 e. The van der Waals surface area contributed by atoms with E-state index in [2.05, 4.69) is 10.2 Å². The van der Waals surface area contributed by atoms with Gasteiger partial charge in [0, 0.05) is 24.2 Å². The summed E-state index contributed by atoms with van der Waals surface area (Å²) in [5, 5.41) is 18.7. The highest BCUT2D eigenvalue weighted by Crippen LogP contribution is 2.21. The number of nitro benzene ring substituents is 1. The zero-order chi connectivity index (χ0) is 19.2. The predicted molar refractivity (Wildman–Crippen MR) is 99.4 cm³/mol. The second-order valence-electron chi connectivity index (χ2n) is 6.20. The fraction of sp³-hybridized carbons (Fsp3) is 0.263. The molecule has 8 heteroatoms. The monoisotopic (exact) mass is 368 g/mol. The topological polar surface area (TPSA) is 94.5 Å². The van der Waals surface area contributed by atoms with E-state index in [0.717, 1.165) is 5.75 Å². The first kappa shape index (κ1) is 18.5. The van der Waals surface area contributed by atoms with Crippen LogP contribution >= 0.6 is 0 Å². The Labute approximate surface area is 156 Å². The van der Waals surface area contributed by atoms with Gasteiger partial charge in [-0.1, -0.05) is 17.7 Å². The lowest BCUT2D eigenvalue weighted by Gasteiger charge is -2.14. The van der Waals surface area contributed by atoms with Crippen LogP contribution in [-0.4, -0.2) is 40.2 Å². The van der Waals surface area contributed by atoms with Gasteiger partial charge in [0.05, 0.1) is 11.5 Å². The lowest BCUT2D eigenvalue weighted by Crippen LogP contribution is -2.24. The van der Waals surface area contributed by atoms with Crippen LogP contribution < -0.4 is 4.74 Å². The maximum Gasteiger partial charge on any atom is 0.269 e. The molecule has 0 atom stereocenters. The summed E-state index contributed by atoms with van der Waals surface area (Å²) in [5.41, 5.74) is 1.86. The van der Waals surface area contributed by atoms with Crippen molar-refractivity contribution in [3.63, 3.8) is 0 Å². The molecular weight excluding hydrogens is 348 g/mol. The Kier molecular flexibility index (Phi) is 5.77. The van der Waals surface area contributed by atoms with Crippen molar-refractivity contribution in [1.82, 2.24) is 15.1 Å². The van der Waals surface area contributed by atoms with E-state index in [9.17, 15) is 10.1 Å². The molecule has 0 aliphatic heterocycles. The van der Waals surface area contributed by atoms with Crippen LogP contribution in [0, 0.1) is 17.0 Å². The summed E-state index contributed by atoms with van der Waals surface area (Å²) < 4.78 is 11.4. The number of benzene rings is 2. The average molecular weight is 368 g/mol. The number of nitro groups is 1. The van der Waals surface area contributed by atoms with Crippen molar-refractivity contribution in [2.75, 3.05) is 20.2 Å². The van der Waals surface area contributed by atoms with Crippen molar-refractivity contribution in [2.45, 2.75) is 13.5 Å². The Morgan fingerprint density at radius 1 is 1.11 bits per heavy atom. The van der Waals surface area contributed by atoms with Crippen molar-refractivity contribution in [3.05, 3.63) is 70.1 Å². The summed E-state index contributed by atoms with van der Waals surface area (Å²) >= 11 is 0. The number of hydrogen-bond donors (Lipinski definition) is 0. The number of aryl methyl sites for hydroxylation is 1. The number of nitrogens with zero attached hydrogens (tertiary/aromatic N) is 4. The van der Waals surface area contributed by atoms with Gasteiger partial charge in [0.15, 0.2) is 0 Å². The predicted octanol–water partition coefficient (Wildman–Crippen LogP) is 3.46. The zero-order valence-corrected chi connectivity index (χ0v) is 15.2. The van der Waals surface area contributed by atoms with Crippen LogP contribution in [0.4, 0.5) is 5.69 Å². The van der Waals surface area contributed by atoms with Crippen molar-refractivity contribution in [3.8, 4) is 17.2 Å². The first-order valence-corrected chi connectivity index (χ1v) is 8.46. The number of hydrogen-bond acceptors (Lipinski definition) is 7. The molecule has 0 bridgehead atoms. The van der Waals surface area contributed by atoms with Crippen LogP contribution in [0.1, 0.15) is 11.5 Å². The zero-order valence-electron chi connectivity index (χ0n) is 15.2. The molecule has 140 valence electrons. The molecule has 8 nitrogen and oxygen atoms in total. The first-order chi connectivity index (χ1) is 13.0. The van der Waals surface area contributed by atoms with Crippen molar-refractivity contribution >= 4 is 5.69 Å². The normalized spacial score (nSPS) is 10.9. The van der Waals surface area contributed by atoms with Gasteiger partial charge in [-0.3, -0.25) is 15.0 Å². The van der Waals surface area contributed by atoms with Crippen LogP contribution in [-0.2, 0) is 6.54 Å². The number of ether oxygens (including phenoxy) is 1. The maximum absolute atomic E-state index is 10.7. The van der Waals surface area contributed by atoms with Gasteiger partial charge in [-0.25, -0.2) is 0 Å². The van der Waals surface area contributed by atoms with Crippen LogP contribution in [0.25, 0.3) is 11.5 Å². The minimum absolute atomic E-state index is 0.0202. The Morgan fingerprint density at radius 3 is 2.48 bits per heavy atom. The van der Waals surface area contributed by atoms with Gasteiger partial charge in [0.2, 0.25) is 11.8 Å². The summed E-state index contributed by atoms with van der Waals surface area (Å²) in [6.45, 7) is 3.76. The molecule has 0 aliphatic rings. The molecule has 0 unspecified atom stereocenters. The highest BCUT2D eigenvalue weighted by Gasteiger charge is 2.12. The third-order valence-electron chi connectivity index (χ3n) is 3.96. The molecule has 0 aliphatic carbocycles. The fourth-order valence-corrected chi connectivity index (χ4v) is 2.42. The lowest BCUT2D eigenvalue weighted by atomic mass is 10.2. The van der Waals surface area contributed by atoms with Gasteiger partial charge in [-0.15, -0.1) is 10.2 Å². The highest BCUT2D eigenvalue weighted by molar-refractivity contribution is 5.55. The Morgan fingerprint density at radius 2 is 1.81 bits per heavy atom. The van der Waals surface area contributed by atoms with E-state index in [0.29, 0.717) is 37.0 Å². The molecule has 1 heterocycles. The van der Waals surface area contributed by atoms with Gasteiger partial charge in [0.1, 0.15) is 12.4 Å². The molecule has 0 amide bonds. The maximum atomic E-state index is 10.7. The largest absolute Gasteiger partial charge is 0.492 e. The van der Waals surface area contributed by atoms with E-state index in [1.807, 2.05) is 43.1 Å². The van der Waals surface area contributed by atoms with E-state index in [4.69, 9.17) is 9.15 Å². The fourth-order valence-electron chi connectivity index (χ4n) is 2.42. The van der Waals surface area contributed by atoms with Gasteiger partial charge in [-0.2, -0.15) is 0 Å². The van der Waals surface area contributed by atoms with Crippen LogP contribution in [0.3, 0.4) is 0 Å². The third kappa shape index (κ3) is 5.11. The Hall–Kier alpha value is -3.26. The summed E-state index contributed by atoms with van der Waals surface area (Å²) in [7, 11) is 1.94. The Bertz CT molecular complexity index is 891. The van der Waals surface area contributed by atoms with Crippen LogP contribution in [0.2, 0.25) is 0 Å². The highest BCUT2D eigenvalue weighted by atomic mass is 16.6. The van der Waals surface area contributed by atoms with E-state index in [1.54, 1.807) is 12.1 Å². The summed E-state index contributed by atoms with van der Waals surface area (Å²) in [6, 6.07) is 13.9. The minimum atomic E-state index is -0.448. The van der Waals surface area contributed by atoms with Gasteiger partial charge >= 0.3 is 0 Å². The van der Waals surface area contributed by atoms with E-state index in [-0.39, 0.29) is 5.69 Å². The van der Waals surface area contributed by atoms with Gasteiger partial charge in [0.25, 0.3) is 5.69 Å². The lowest BCUT2D eigenvalue weighted by molar-refractivity contribution is -0.384. The number of non-ortho nitro benzene ring substituents is 1. The molecule has 3 aromatic rings. The molecular formula is C19H20N4O4. The number of aromatic nitrogens is 2. The molecule has 27 heavy (non-hydrogen) atoms. The molecule has 0 radical (unpaired) electrons. The van der Waals surface area contributed by atoms with Gasteiger partial charge in [-0.05, 0) is 38.2 Å². The molecule has 2 aromatic carbocycles. The molecule has 0 N–H and O–H groups in total. The molecule has 3 rings (SSSR count). The molecule has 1 aromatic heterocycles. The minimum Gasteiger partial charge on any atom is -0.492 e. The SMILES string of the molecule is Cc1ccc(OCCN(C)Cc2nnc(-c3ccc([N+](=O)[O-])cc3)o2)cc1. The van der Waals surface area contributed by atoms with Gasteiger partial charge < -0.3 is 9.15 Å². The number of rotatable bonds is 8. The third-order valence-corrected chi connectivity index (χ3v) is 3.96. The van der Waals surface area contributed by atoms with Crippen molar-refractivity contribution in [2.24, 2.45) is 0 Å². The molecule has 0 fully saturated rings. The van der Waals surface area contributed by atoms with E-state index < -0.39 is 4.92 Å². The second-order valence-corrected chi connectivity index (χ2v) is 6.20. The second kappa shape index (κ2) is 8.41. The summed E-state index contributed by atoms with van der Waals surface area (Å²) in [4.78, 5) is 12.3. The Balaban J connectivity index is 1.50. The molecule has 0 saturated carbocycles. The van der Waals surface area contributed by atoms with Crippen molar-refractivity contribution < 1.29 is 14.1 Å².